The molecule has 1 heterocycles. The summed E-state index contributed by atoms with van der Waals surface area (Å²) < 4.78 is 0. The van der Waals surface area contributed by atoms with Crippen molar-refractivity contribution < 1.29 is 4.79 Å². The Hall–Kier alpha value is -1.35. The van der Waals surface area contributed by atoms with Gasteiger partial charge in [-0.3, -0.25) is 4.79 Å². The largest absolute Gasteiger partial charge is 0.356 e. The van der Waals surface area contributed by atoms with E-state index in [9.17, 15) is 4.79 Å². The molecule has 1 atom stereocenters. The van der Waals surface area contributed by atoms with Gasteiger partial charge >= 0.3 is 0 Å². The smallest absolute Gasteiger partial charge is 0.221 e. The van der Waals surface area contributed by atoms with Gasteiger partial charge in [-0.2, -0.15) is 0 Å². The van der Waals surface area contributed by atoms with E-state index in [1.807, 2.05) is 0 Å². The van der Waals surface area contributed by atoms with Gasteiger partial charge in [0.15, 0.2) is 0 Å². The van der Waals surface area contributed by atoms with E-state index < -0.39 is 0 Å². The zero-order valence-electron chi connectivity index (χ0n) is 12.0. The molecular formula is C16H24N2O. The first-order valence-electron chi connectivity index (χ1n) is 7.22. The number of hydrogen-bond acceptors (Lipinski definition) is 2. The molecule has 1 amide bonds. The number of carbonyl (C=O) groups excluding carboxylic acids is 1. The number of rotatable bonds is 5. The molecule has 0 bridgehead atoms. The maximum absolute atomic E-state index is 11.8. The first-order chi connectivity index (χ1) is 9.16. The van der Waals surface area contributed by atoms with Crippen LogP contribution < -0.4 is 10.6 Å². The molecule has 3 heteroatoms. The molecule has 0 aliphatic carbocycles. The fraction of sp³-hybridized carbons (Fsp3) is 0.562. The van der Waals surface area contributed by atoms with Gasteiger partial charge in [-0.05, 0) is 56.3 Å². The predicted molar refractivity (Wildman–Crippen MR) is 78.3 cm³/mol. The molecule has 1 aromatic carbocycles. The molecule has 1 aliphatic rings. The quantitative estimate of drug-likeness (QED) is 0.851. The predicted octanol–water partition coefficient (Wildman–Crippen LogP) is 2.10. The average molecular weight is 260 g/mol. The summed E-state index contributed by atoms with van der Waals surface area (Å²) in [6.07, 6.45) is 3.86. The van der Waals surface area contributed by atoms with Crippen molar-refractivity contribution in [1.29, 1.82) is 0 Å². The first-order valence-corrected chi connectivity index (χ1v) is 7.22. The van der Waals surface area contributed by atoms with Crippen molar-refractivity contribution in [2.45, 2.75) is 45.6 Å². The molecule has 2 rings (SSSR count). The van der Waals surface area contributed by atoms with Crippen molar-refractivity contribution in [3.8, 4) is 0 Å². The molecule has 104 valence electrons. The van der Waals surface area contributed by atoms with Crippen LogP contribution in [0.3, 0.4) is 0 Å². The molecular weight excluding hydrogens is 236 g/mol. The molecule has 0 radical (unpaired) electrons. The Labute approximate surface area is 115 Å². The van der Waals surface area contributed by atoms with E-state index >= 15 is 0 Å². The maximum atomic E-state index is 11.8. The minimum absolute atomic E-state index is 0.172. The van der Waals surface area contributed by atoms with Crippen molar-refractivity contribution in [3.05, 3.63) is 34.9 Å². The highest BCUT2D eigenvalue weighted by molar-refractivity contribution is 5.76. The van der Waals surface area contributed by atoms with Gasteiger partial charge in [0.25, 0.3) is 0 Å². The van der Waals surface area contributed by atoms with E-state index in [4.69, 9.17) is 0 Å². The van der Waals surface area contributed by atoms with E-state index in [0.717, 1.165) is 25.9 Å². The summed E-state index contributed by atoms with van der Waals surface area (Å²) in [7, 11) is 0. The summed E-state index contributed by atoms with van der Waals surface area (Å²) in [5, 5.41) is 6.39. The second-order valence-electron chi connectivity index (χ2n) is 5.47. The van der Waals surface area contributed by atoms with Crippen molar-refractivity contribution in [1.82, 2.24) is 10.6 Å². The van der Waals surface area contributed by atoms with Crippen LogP contribution in [-0.2, 0) is 11.2 Å². The molecule has 1 unspecified atom stereocenters. The molecule has 0 spiro atoms. The molecule has 2 N–H and O–H groups in total. The first kappa shape index (κ1) is 14.1. The van der Waals surface area contributed by atoms with E-state index in [-0.39, 0.29) is 5.91 Å². The number of hydrogen-bond donors (Lipinski definition) is 2. The van der Waals surface area contributed by atoms with Crippen LogP contribution >= 0.6 is 0 Å². The van der Waals surface area contributed by atoms with Gasteiger partial charge in [0.1, 0.15) is 0 Å². The van der Waals surface area contributed by atoms with Crippen LogP contribution in [0.15, 0.2) is 18.2 Å². The zero-order valence-corrected chi connectivity index (χ0v) is 12.0. The Morgan fingerprint density at radius 2 is 2.11 bits per heavy atom. The van der Waals surface area contributed by atoms with Crippen LogP contribution in [0.4, 0.5) is 0 Å². The second-order valence-corrected chi connectivity index (χ2v) is 5.47. The van der Waals surface area contributed by atoms with Crippen LogP contribution in [-0.4, -0.2) is 25.0 Å². The summed E-state index contributed by atoms with van der Waals surface area (Å²) in [6.45, 7) is 6.05. The third-order valence-corrected chi connectivity index (χ3v) is 3.94. The molecule has 3 nitrogen and oxygen atoms in total. The summed E-state index contributed by atoms with van der Waals surface area (Å²) >= 11 is 0. The van der Waals surface area contributed by atoms with Crippen LogP contribution in [0, 0.1) is 13.8 Å². The summed E-state index contributed by atoms with van der Waals surface area (Å²) in [4.78, 5) is 11.8. The minimum Gasteiger partial charge on any atom is -0.356 e. The Morgan fingerprint density at radius 3 is 2.74 bits per heavy atom. The highest BCUT2D eigenvalue weighted by Gasteiger charge is 2.17. The maximum Gasteiger partial charge on any atom is 0.221 e. The molecule has 19 heavy (non-hydrogen) atoms. The number of benzene rings is 1. The van der Waals surface area contributed by atoms with Gasteiger partial charge < -0.3 is 10.6 Å². The van der Waals surface area contributed by atoms with E-state index in [1.54, 1.807) is 0 Å². The SMILES string of the molecule is Cc1cccc(C)c1CCNC(=O)CC1CCCN1. The lowest BCUT2D eigenvalue weighted by molar-refractivity contribution is -0.121. The average Bonchev–Trinajstić information content (AvgIpc) is 2.85. The second kappa shape index (κ2) is 6.71. The zero-order chi connectivity index (χ0) is 13.7. The molecule has 1 saturated heterocycles. The van der Waals surface area contributed by atoms with E-state index in [2.05, 4.69) is 42.7 Å². The van der Waals surface area contributed by atoms with Gasteiger partial charge in [0, 0.05) is 19.0 Å². The fourth-order valence-electron chi connectivity index (χ4n) is 2.80. The highest BCUT2D eigenvalue weighted by Crippen LogP contribution is 2.13. The Kier molecular flexibility index (Phi) is 4.97. The lowest BCUT2D eigenvalue weighted by Gasteiger charge is -2.12. The molecule has 0 saturated carbocycles. The third-order valence-electron chi connectivity index (χ3n) is 3.94. The molecule has 1 aromatic rings. The Morgan fingerprint density at radius 1 is 1.37 bits per heavy atom. The minimum atomic E-state index is 0.172. The number of amides is 1. The van der Waals surface area contributed by atoms with Crippen molar-refractivity contribution >= 4 is 5.91 Å². The summed E-state index contributed by atoms with van der Waals surface area (Å²) in [5.41, 5.74) is 3.99. The summed E-state index contributed by atoms with van der Waals surface area (Å²) in [6, 6.07) is 6.73. The topological polar surface area (TPSA) is 41.1 Å². The fourth-order valence-corrected chi connectivity index (χ4v) is 2.80. The number of nitrogens with one attached hydrogen (secondary N) is 2. The standard InChI is InChI=1S/C16H24N2O/c1-12-5-3-6-13(2)15(12)8-10-18-16(19)11-14-7-4-9-17-14/h3,5-6,14,17H,4,7-11H2,1-2H3,(H,18,19). The number of carbonyl (C=O) groups is 1. The van der Waals surface area contributed by atoms with Crippen LogP contribution in [0.1, 0.15) is 36.0 Å². The lowest BCUT2D eigenvalue weighted by atomic mass is 10.0. The van der Waals surface area contributed by atoms with Gasteiger partial charge in [-0.15, -0.1) is 0 Å². The normalized spacial score (nSPS) is 18.5. The van der Waals surface area contributed by atoms with Gasteiger partial charge in [-0.25, -0.2) is 0 Å². The van der Waals surface area contributed by atoms with Crippen molar-refractivity contribution in [3.63, 3.8) is 0 Å². The monoisotopic (exact) mass is 260 g/mol. The van der Waals surface area contributed by atoms with Crippen LogP contribution in [0.2, 0.25) is 0 Å². The molecule has 1 aliphatic heterocycles. The lowest BCUT2D eigenvalue weighted by Crippen LogP contribution is -2.33. The van der Waals surface area contributed by atoms with Crippen LogP contribution in [0.5, 0.6) is 0 Å². The van der Waals surface area contributed by atoms with Crippen molar-refractivity contribution in [2.75, 3.05) is 13.1 Å². The molecule has 1 fully saturated rings. The highest BCUT2D eigenvalue weighted by atomic mass is 16.1. The summed E-state index contributed by atoms with van der Waals surface area (Å²) in [5.74, 6) is 0.172. The third kappa shape index (κ3) is 4.06. The van der Waals surface area contributed by atoms with Gasteiger partial charge in [0.2, 0.25) is 5.91 Å². The van der Waals surface area contributed by atoms with Crippen molar-refractivity contribution in [2.24, 2.45) is 0 Å². The van der Waals surface area contributed by atoms with Gasteiger partial charge in [0.05, 0.1) is 0 Å². The van der Waals surface area contributed by atoms with E-state index in [1.165, 1.54) is 23.1 Å². The van der Waals surface area contributed by atoms with E-state index in [0.29, 0.717) is 12.5 Å². The Bertz CT molecular complexity index is 416. The Balaban J connectivity index is 1.75. The van der Waals surface area contributed by atoms with Gasteiger partial charge in [-0.1, -0.05) is 18.2 Å². The molecule has 0 aromatic heterocycles. The number of aryl methyl sites for hydroxylation is 2. The van der Waals surface area contributed by atoms with Crippen LogP contribution in [0.25, 0.3) is 0 Å².